The van der Waals surface area contributed by atoms with E-state index in [1.165, 1.54) is 6.08 Å². The van der Waals surface area contributed by atoms with E-state index < -0.39 is 6.29 Å². The van der Waals surface area contributed by atoms with Gasteiger partial charge in [-0.15, -0.1) is 0 Å². The molecule has 3 N–H and O–H groups in total. The smallest absolute Gasteiger partial charge is 0.220 e. The highest BCUT2D eigenvalue weighted by Crippen LogP contribution is 2.19. The van der Waals surface area contributed by atoms with E-state index in [0.717, 1.165) is 12.8 Å². The monoisotopic (exact) mass is 199 g/mol. The lowest BCUT2D eigenvalue weighted by Crippen LogP contribution is -2.28. The number of nitrogens with two attached hydrogens (primary N) is 1. The van der Waals surface area contributed by atoms with Crippen LogP contribution in [0.1, 0.15) is 19.8 Å². The van der Waals surface area contributed by atoms with Gasteiger partial charge in [0.15, 0.2) is 0 Å². The van der Waals surface area contributed by atoms with Crippen molar-refractivity contribution in [2.45, 2.75) is 32.1 Å². The molecule has 4 nitrogen and oxygen atoms in total. The largest absolute Gasteiger partial charge is 0.497 e. The summed E-state index contributed by atoms with van der Waals surface area (Å²) in [6.07, 6.45) is 4.06. The third kappa shape index (κ3) is 2.75. The van der Waals surface area contributed by atoms with Gasteiger partial charge in [0.25, 0.3) is 0 Å². The molecular formula is C10H17NO3. The van der Waals surface area contributed by atoms with E-state index in [4.69, 9.17) is 15.2 Å². The molecule has 0 aliphatic carbocycles. The lowest BCUT2D eigenvalue weighted by molar-refractivity contribution is -0.0391. The summed E-state index contributed by atoms with van der Waals surface area (Å²) >= 11 is 0. The Hall–Kier alpha value is -1.00. The van der Waals surface area contributed by atoms with Crippen molar-refractivity contribution in [3.63, 3.8) is 0 Å². The fourth-order valence-electron chi connectivity index (χ4n) is 1.31. The van der Waals surface area contributed by atoms with E-state index in [-0.39, 0.29) is 6.04 Å². The van der Waals surface area contributed by atoms with Crippen LogP contribution in [-0.4, -0.2) is 24.5 Å². The molecule has 1 aliphatic rings. The van der Waals surface area contributed by atoms with E-state index in [9.17, 15) is 5.11 Å². The molecule has 2 atom stereocenters. The predicted molar refractivity (Wildman–Crippen MR) is 53.2 cm³/mol. The maximum absolute atomic E-state index is 9.32. The zero-order valence-corrected chi connectivity index (χ0v) is 8.56. The minimum atomic E-state index is -0.951. The van der Waals surface area contributed by atoms with Gasteiger partial charge in [0.05, 0.1) is 13.2 Å². The maximum atomic E-state index is 9.32. The molecule has 1 heterocycles. The van der Waals surface area contributed by atoms with Crippen molar-refractivity contribution < 1.29 is 14.6 Å². The highest BCUT2D eigenvalue weighted by Gasteiger charge is 2.18. The van der Waals surface area contributed by atoms with Gasteiger partial charge in [0.1, 0.15) is 11.5 Å². The van der Waals surface area contributed by atoms with Gasteiger partial charge in [-0.2, -0.15) is 0 Å². The zero-order valence-electron chi connectivity index (χ0n) is 8.56. The summed E-state index contributed by atoms with van der Waals surface area (Å²) in [6.45, 7) is 2.05. The fraction of sp³-hybridized carbons (Fsp3) is 0.600. The normalized spacial score (nSPS) is 23.3. The van der Waals surface area contributed by atoms with Gasteiger partial charge in [-0.1, -0.05) is 13.3 Å². The highest BCUT2D eigenvalue weighted by molar-refractivity contribution is 5.22. The molecule has 1 rings (SSSR count). The van der Waals surface area contributed by atoms with Crippen LogP contribution in [0.5, 0.6) is 0 Å². The van der Waals surface area contributed by atoms with Crippen molar-refractivity contribution in [1.29, 1.82) is 0 Å². The van der Waals surface area contributed by atoms with Gasteiger partial charge in [-0.05, 0) is 6.42 Å². The topological polar surface area (TPSA) is 64.7 Å². The Morgan fingerprint density at radius 2 is 2.43 bits per heavy atom. The van der Waals surface area contributed by atoms with Crippen LogP contribution < -0.4 is 5.73 Å². The fourth-order valence-corrected chi connectivity index (χ4v) is 1.31. The number of ether oxygens (including phenoxy) is 2. The quantitative estimate of drug-likeness (QED) is 0.705. The van der Waals surface area contributed by atoms with Gasteiger partial charge >= 0.3 is 0 Å². The number of aliphatic hydroxyl groups excluding tert-OH is 1. The minimum absolute atomic E-state index is 0.173. The minimum Gasteiger partial charge on any atom is -0.497 e. The Labute approximate surface area is 84.0 Å². The highest BCUT2D eigenvalue weighted by atomic mass is 16.6. The molecule has 0 amide bonds. The van der Waals surface area contributed by atoms with Crippen molar-refractivity contribution >= 4 is 0 Å². The standard InChI is InChI=1S/C10H17NO3/c1-3-4-8(11)9-5-7(13-2)6-10(12)14-9/h5-6,8,10,12H,3-4,11H2,1-2H3/t8-,10?/m1/s1. The second-order valence-corrected chi connectivity index (χ2v) is 3.22. The first-order valence-corrected chi connectivity index (χ1v) is 4.75. The average Bonchev–Trinajstić information content (AvgIpc) is 2.17. The van der Waals surface area contributed by atoms with Crippen LogP contribution in [0.25, 0.3) is 0 Å². The van der Waals surface area contributed by atoms with Gasteiger partial charge in [0.2, 0.25) is 6.29 Å². The molecule has 1 aliphatic heterocycles. The Bertz CT molecular complexity index is 248. The van der Waals surface area contributed by atoms with Crippen LogP contribution in [-0.2, 0) is 9.47 Å². The van der Waals surface area contributed by atoms with E-state index in [0.29, 0.717) is 11.5 Å². The van der Waals surface area contributed by atoms with Crippen LogP contribution in [0, 0.1) is 0 Å². The molecule has 1 unspecified atom stereocenters. The second-order valence-electron chi connectivity index (χ2n) is 3.22. The Morgan fingerprint density at radius 1 is 1.71 bits per heavy atom. The number of rotatable bonds is 4. The van der Waals surface area contributed by atoms with Gasteiger partial charge in [-0.3, -0.25) is 0 Å². The van der Waals surface area contributed by atoms with Crippen molar-refractivity contribution in [3.8, 4) is 0 Å². The predicted octanol–water partition coefficient (Wildman–Crippen LogP) is 0.877. The molecule has 0 radical (unpaired) electrons. The molecule has 0 aromatic heterocycles. The molecular weight excluding hydrogens is 182 g/mol. The number of hydrogen-bond acceptors (Lipinski definition) is 4. The van der Waals surface area contributed by atoms with Crippen molar-refractivity contribution in [3.05, 3.63) is 23.7 Å². The summed E-state index contributed by atoms with van der Waals surface area (Å²) in [6, 6.07) is -0.173. The van der Waals surface area contributed by atoms with Gasteiger partial charge in [0, 0.05) is 12.2 Å². The molecule has 0 aromatic rings. The lowest BCUT2D eigenvalue weighted by Gasteiger charge is -2.23. The molecule has 0 bridgehead atoms. The Morgan fingerprint density at radius 3 is 3.00 bits per heavy atom. The average molecular weight is 199 g/mol. The van der Waals surface area contributed by atoms with E-state index in [1.807, 2.05) is 6.92 Å². The molecule has 80 valence electrons. The van der Waals surface area contributed by atoms with Crippen LogP contribution in [0.4, 0.5) is 0 Å². The second kappa shape index (κ2) is 5.02. The Kier molecular flexibility index (Phi) is 3.98. The molecule has 0 spiro atoms. The molecule has 0 saturated heterocycles. The summed E-state index contributed by atoms with van der Waals surface area (Å²) in [4.78, 5) is 0. The number of methoxy groups -OCH3 is 1. The van der Waals surface area contributed by atoms with Crippen LogP contribution >= 0.6 is 0 Å². The third-order valence-corrected chi connectivity index (χ3v) is 2.05. The van der Waals surface area contributed by atoms with Gasteiger partial charge in [-0.25, -0.2) is 0 Å². The van der Waals surface area contributed by atoms with Crippen LogP contribution in [0.3, 0.4) is 0 Å². The summed E-state index contributed by atoms with van der Waals surface area (Å²) in [7, 11) is 1.54. The van der Waals surface area contributed by atoms with Gasteiger partial charge < -0.3 is 20.3 Å². The first-order valence-electron chi connectivity index (χ1n) is 4.75. The molecule has 0 saturated carbocycles. The summed E-state index contributed by atoms with van der Waals surface area (Å²) in [5.74, 6) is 1.17. The first kappa shape index (κ1) is 11.1. The van der Waals surface area contributed by atoms with Crippen LogP contribution in [0.15, 0.2) is 23.7 Å². The van der Waals surface area contributed by atoms with Crippen LogP contribution in [0.2, 0.25) is 0 Å². The van der Waals surface area contributed by atoms with Crippen molar-refractivity contribution in [2.75, 3.05) is 7.11 Å². The van der Waals surface area contributed by atoms with E-state index in [1.54, 1.807) is 13.2 Å². The molecule has 4 heteroatoms. The maximum Gasteiger partial charge on any atom is 0.220 e. The molecule has 0 aromatic carbocycles. The summed E-state index contributed by atoms with van der Waals surface area (Å²) < 4.78 is 10.2. The number of aliphatic hydroxyl groups is 1. The molecule has 14 heavy (non-hydrogen) atoms. The molecule has 0 fully saturated rings. The van der Waals surface area contributed by atoms with Crippen molar-refractivity contribution in [2.24, 2.45) is 5.73 Å². The van der Waals surface area contributed by atoms with Crippen molar-refractivity contribution in [1.82, 2.24) is 0 Å². The number of allylic oxidation sites excluding steroid dienone is 1. The summed E-state index contributed by atoms with van der Waals surface area (Å²) in [5, 5.41) is 9.32. The number of hydrogen-bond donors (Lipinski definition) is 2. The van der Waals surface area contributed by atoms with E-state index in [2.05, 4.69) is 0 Å². The third-order valence-electron chi connectivity index (χ3n) is 2.05. The summed E-state index contributed by atoms with van der Waals surface area (Å²) in [5.41, 5.74) is 5.85. The Balaban J connectivity index is 2.69. The SMILES string of the molecule is CCC[C@@H](N)C1=CC(OC)=CC(O)O1. The van der Waals surface area contributed by atoms with E-state index >= 15 is 0 Å². The first-order chi connectivity index (χ1) is 6.67. The zero-order chi connectivity index (χ0) is 10.6. The lowest BCUT2D eigenvalue weighted by atomic mass is 10.1.